The van der Waals surface area contributed by atoms with E-state index in [4.69, 9.17) is 14.2 Å². The Kier molecular flexibility index (Phi) is 5.20. The maximum absolute atomic E-state index is 12.7. The molecular formula is C22H21N3O4. The van der Waals surface area contributed by atoms with Crippen LogP contribution in [-0.4, -0.2) is 24.8 Å². The molecule has 29 heavy (non-hydrogen) atoms. The fraction of sp³-hybridized carbons (Fsp3) is 0.182. The molecule has 148 valence electrons. The van der Waals surface area contributed by atoms with Gasteiger partial charge >= 0.3 is 0 Å². The summed E-state index contributed by atoms with van der Waals surface area (Å²) in [5.41, 5.74) is 3.18. The van der Waals surface area contributed by atoms with Crippen LogP contribution in [0.3, 0.4) is 0 Å². The van der Waals surface area contributed by atoms with Gasteiger partial charge in [0, 0.05) is 18.3 Å². The third kappa shape index (κ3) is 4.24. The van der Waals surface area contributed by atoms with E-state index in [1.54, 1.807) is 25.4 Å². The molecule has 4 rings (SSSR count). The molecule has 2 aromatic carbocycles. The highest BCUT2D eigenvalue weighted by Gasteiger charge is 2.14. The van der Waals surface area contributed by atoms with Crippen LogP contribution in [0.15, 0.2) is 54.7 Å². The number of nitrogens with one attached hydrogen (secondary N) is 2. The average molecular weight is 391 g/mol. The normalized spacial score (nSPS) is 11.8. The van der Waals surface area contributed by atoms with E-state index in [9.17, 15) is 4.79 Å². The Morgan fingerprint density at radius 1 is 1.10 bits per heavy atom. The van der Waals surface area contributed by atoms with E-state index in [-0.39, 0.29) is 12.7 Å². The number of fused-ring (bicyclic) bond motifs is 1. The van der Waals surface area contributed by atoms with Crippen LogP contribution in [0, 0.1) is 6.92 Å². The highest BCUT2D eigenvalue weighted by molar-refractivity contribution is 6.05. The molecule has 7 heteroatoms. The summed E-state index contributed by atoms with van der Waals surface area (Å²) in [5.74, 6) is 2.46. The SMILES string of the molecule is COc1ccc(C)cc1NC(=O)c1ccnc(NCc2ccc3c(c2)OCO3)c1. The Hall–Kier alpha value is -3.74. The van der Waals surface area contributed by atoms with Crippen LogP contribution in [0.5, 0.6) is 17.2 Å². The van der Waals surface area contributed by atoms with E-state index >= 15 is 0 Å². The summed E-state index contributed by atoms with van der Waals surface area (Å²) in [6.07, 6.45) is 1.60. The van der Waals surface area contributed by atoms with Crippen molar-refractivity contribution in [2.45, 2.75) is 13.5 Å². The number of anilines is 2. The second kappa shape index (κ2) is 8.10. The molecule has 0 aliphatic carbocycles. The number of hydrogen-bond donors (Lipinski definition) is 2. The van der Waals surface area contributed by atoms with Crippen molar-refractivity contribution in [3.05, 3.63) is 71.4 Å². The number of nitrogens with zero attached hydrogens (tertiary/aromatic N) is 1. The van der Waals surface area contributed by atoms with Crippen LogP contribution in [0.2, 0.25) is 0 Å². The van der Waals surface area contributed by atoms with Gasteiger partial charge in [0.2, 0.25) is 6.79 Å². The molecule has 0 bridgehead atoms. The zero-order valence-electron chi connectivity index (χ0n) is 16.2. The number of hydrogen-bond acceptors (Lipinski definition) is 6. The Labute approximate surface area is 168 Å². The lowest BCUT2D eigenvalue weighted by Gasteiger charge is -2.12. The van der Waals surface area contributed by atoms with E-state index in [0.29, 0.717) is 29.4 Å². The fourth-order valence-corrected chi connectivity index (χ4v) is 3.03. The second-order valence-electron chi connectivity index (χ2n) is 6.63. The molecule has 0 fully saturated rings. The van der Waals surface area contributed by atoms with Gasteiger partial charge < -0.3 is 24.8 Å². The van der Waals surface area contributed by atoms with E-state index in [1.165, 1.54) is 0 Å². The number of benzene rings is 2. The molecule has 3 aromatic rings. The van der Waals surface area contributed by atoms with Crippen molar-refractivity contribution >= 4 is 17.4 Å². The maximum Gasteiger partial charge on any atom is 0.255 e. The molecule has 1 aliphatic heterocycles. The van der Waals surface area contributed by atoms with Crippen molar-refractivity contribution in [1.29, 1.82) is 0 Å². The minimum absolute atomic E-state index is 0.234. The quantitative estimate of drug-likeness (QED) is 0.661. The third-order valence-electron chi connectivity index (χ3n) is 4.54. The molecule has 7 nitrogen and oxygen atoms in total. The molecule has 1 amide bonds. The van der Waals surface area contributed by atoms with Crippen molar-refractivity contribution in [3.63, 3.8) is 0 Å². The minimum atomic E-state index is -0.234. The first-order valence-electron chi connectivity index (χ1n) is 9.17. The standard InChI is InChI=1S/C22H21N3O4/c1-14-3-5-18(27-2)17(9-14)25-22(26)16-7-8-23-21(11-16)24-12-15-4-6-19-20(10-15)29-13-28-19/h3-11H,12-13H2,1-2H3,(H,23,24)(H,25,26). The highest BCUT2D eigenvalue weighted by atomic mass is 16.7. The molecule has 0 atom stereocenters. The Balaban J connectivity index is 1.44. The minimum Gasteiger partial charge on any atom is -0.495 e. The number of carbonyl (C=O) groups excluding carboxylic acids is 1. The van der Waals surface area contributed by atoms with E-state index in [1.807, 2.05) is 43.3 Å². The van der Waals surface area contributed by atoms with Gasteiger partial charge in [-0.25, -0.2) is 4.98 Å². The largest absolute Gasteiger partial charge is 0.495 e. The number of carbonyl (C=O) groups is 1. The highest BCUT2D eigenvalue weighted by Crippen LogP contribution is 2.32. The van der Waals surface area contributed by atoms with E-state index < -0.39 is 0 Å². The fourth-order valence-electron chi connectivity index (χ4n) is 3.03. The summed E-state index contributed by atoms with van der Waals surface area (Å²) >= 11 is 0. The Morgan fingerprint density at radius 2 is 1.97 bits per heavy atom. The second-order valence-corrected chi connectivity index (χ2v) is 6.63. The molecule has 0 spiro atoms. The predicted octanol–water partition coefficient (Wildman–Crippen LogP) is 3.99. The van der Waals surface area contributed by atoms with Crippen LogP contribution < -0.4 is 24.8 Å². The van der Waals surface area contributed by atoms with Gasteiger partial charge in [-0.3, -0.25) is 4.79 Å². The van der Waals surface area contributed by atoms with Crippen LogP contribution in [-0.2, 0) is 6.54 Å². The molecule has 2 heterocycles. The van der Waals surface area contributed by atoms with Gasteiger partial charge in [-0.05, 0) is 54.4 Å². The van der Waals surface area contributed by atoms with E-state index in [0.717, 1.165) is 22.6 Å². The molecule has 0 saturated heterocycles. The summed E-state index contributed by atoms with van der Waals surface area (Å²) in [6.45, 7) is 2.75. The van der Waals surface area contributed by atoms with Gasteiger partial charge in [-0.1, -0.05) is 12.1 Å². The summed E-state index contributed by atoms with van der Waals surface area (Å²) in [5, 5.41) is 6.13. The monoisotopic (exact) mass is 391 g/mol. The van der Waals surface area contributed by atoms with Crippen molar-refractivity contribution in [2.24, 2.45) is 0 Å². The number of methoxy groups -OCH3 is 1. The number of amides is 1. The summed E-state index contributed by atoms with van der Waals surface area (Å²) < 4.78 is 16.0. The van der Waals surface area contributed by atoms with Gasteiger partial charge in [0.15, 0.2) is 11.5 Å². The lowest BCUT2D eigenvalue weighted by molar-refractivity contribution is 0.102. The van der Waals surface area contributed by atoms with Crippen LogP contribution in [0.25, 0.3) is 0 Å². The molecule has 0 unspecified atom stereocenters. The van der Waals surface area contributed by atoms with Crippen LogP contribution in [0.1, 0.15) is 21.5 Å². The lowest BCUT2D eigenvalue weighted by Crippen LogP contribution is -2.13. The number of ether oxygens (including phenoxy) is 3. The van der Waals surface area contributed by atoms with E-state index in [2.05, 4.69) is 15.6 Å². The zero-order valence-corrected chi connectivity index (χ0v) is 16.2. The molecular weight excluding hydrogens is 370 g/mol. The predicted molar refractivity (Wildman–Crippen MR) is 110 cm³/mol. The zero-order chi connectivity index (χ0) is 20.2. The summed E-state index contributed by atoms with van der Waals surface area (Å²) in [6, 6.07) is 14.8. The molecule has 2 N–H and O–H groups in total. The number of aryl methyl sites for hydroxylation is 1. The maximum atomic E-state index is 12.7. The molecule has 0 saturated carbocycles. The third-order valence-corrected chi connectivity index (χ3v) is 4.54. The van der Waals surface area contributed by atoms with Gasteiger partial charge in [0.1, 0.15) is 11.6 Å². The topological polar surface area (TPSA) is 81.7 Å². The first-order chi connectivity index (χ1) is 14.1. The first-order valence-corrected chi connectivity index (χ1v) is 9.17. The van der Waals surface area contributed by atoms with Crippen LogP contribution >= 0.6 is 0 Å². The number of aromatic nitrogens is 1. The van der Waals surface area contributed by atoms with Gasteiger partial charge in [-0.15, -0.1) is 0 Å². The first kappa shape index (κ1) is 18.6. The Morgan fingerprint density at radius 3 is 2.83 bits per heavy atom. The van der Waals surface area contributed by atoms with Crippen LogP contribution in [0.4, 0.5) is 11.5 Å². The average Bonchev–Trinajstić information content (AvgIpc) is 3.20. The van der Waals surface area contributed by atoms with Crippen molar-refractivity contribution < 1.29 is 19.0 Å². The summed E-state index contributed by atoms with van der Waals surface area (Å²) in [7, 11) is 1.57. The molecule has 0 radical (unpaired) electrons. The number of rotatable bonds is 6. The lowest BCUT2D eigenvalue weighted by atomic mass is 10.2. The van der Waals surface area contributed by atoms with Crippen molar-refractivity contribution in [3.8, 4) is 17.2 Å². The molecule has 1 aliphatic rings. The number of pyridine rings is 1. The Bertz CT molecular complexity index is 1050. The van der Waals surface area contributed by atoms with Crippen molar-refractivity contribution in [2.75, 3.05) is 24.5 Å². The molecule has 1 aromatic heterocycles. The van der Waals surface area contributed by atoms with Gasteiger partial charge in [0.25, 0.3) is 5.91 Å². The van der Waals surface area contributed by atoms with Gasteiger partial charge in [0.05, 0.1) is 12.8 Å². The van der Waals surface area contributed by atoms with Gasteiger partial charge in [-0.2, -0.15) is 0 Å². The smallest absolute Gasteiger partial charge is 0.255 e. The van der Waals surface area contributed by atoms with Crippen molar-refractivity contribution in [1.82, 2.24) is 4.98 Å². The summed E-state index contributed by atoms with van der Waals surface area (Å²) in [4.78, 5) is 17.0.